The molecular formula is C23H25ClO2. The molecule has 0 aromatic heterocycles. The highest BCUT2D eigenvalue weighted by Crippen LogP contribution is 2.60. The quantitative estimate of drug-likeness (QED) is 0.594. The van der Waals surface area contributed by atoms with E-state index in [4.69, 9.17) is 16.3 Å². The van der Waals surface area contributed by atoms with E-state index in [2.05, 4.69) is 39.0 Å². The summed E-state index contributed by atoms with van der Waals surface area (Å²) < 4.78 is 5.66. The van der Waals surface area contributed by atoms with Gasteiger partial charge in [-0.25, -0.2) is 0 Å². The van der Waals surface area contributed by atoms with E-state index in [1.807, 2.05) is 43.3 Å². The summed E-state index contributed by atoms with van der Waals surface area (Å²) in [5, 5.41) is 0.727. The summed E-state index contributed by atoms with van der Waals surface area (Å²) in [7, 11) is 0. The monoisotopic (exact) mass is 368 g/mol. The van der Waals surface area contributed by atoms with Gasteiger partial charge in [0.15, 0.2) is 0 Å². The molecule has 0 spiro atoms. The van der Waals surface area contributed by atoms with Crippen LogP contribution in [0, 0.1) is 24.2 Å². The average Bonchev–Trinajstić information content (AvgIpc) is 3.14. The number of allylic oxidation sites excluding steroid dienone is 2. The van der Waals surface area contributed by atoms with Crippen molar-refractivity contribution in [1.82, 2.24) is 0 Å². The van der Waals surface area contributed by atoms with E-state index in [9.17, 15) is 4.79 Å². The molecule has 2 aromatic rings. The molecule has 2 aromatic carbocycles. The maximum atomic E-state index is 12.6. The number of ether oxygens (including phenoxy) is 1. The first-order valence-corrected chi connectivity index (χ1v) is 9.34. The first-order chi connectivity index (χ1) is 12.3. The summed E-state index contributed by atoms with van der Waals surface area (Å²) in [5.41, 5.74) is 4.44. The normalized spacial score (nSPS) is 21.3. The molecule has 1 fully saturated rings. The molecule has 136 valence electrons. The molecule has 0 heterocycles. The van der Waals surface area contributed by atoms with Gasteiger partial charge in [0.05, 0.1) is 5.92 Å². The molecule has 26 heavy (non-hydrogen) atoms. The Balaban J connectivity index is 1.71. The first-order valence-electron chi connectivity index (χ1n) is 8.97. The zero-order valence-electron chi connectivity index (χ0n) is 15.8. The van der Waals surface area contributed by atoms with Crippen LogP contribution in [0.3, 0.4) is 0 Å². The van der Waals surface area contributed by atoms with Crippen LogP contribution in [0.2, 0.25) is 0 Å². The van der Waals surface area contributed by atoms with Crippen LogP contribution in [0.4, 0.5) is 0 Å². The molecule has 0 bridgehead atoms. The molecule has 1 saturated carbocycles. The summed E-state index contributed by atoms with van der Waals surface area (Å²) in [4.78, 5) is 12.6. The number of rotatable bonds is 5. The Morgan fingerprint density at radius 2 is 1.85 bits per heavy atom. The van der Waals surface area contributed by atoms with Crippen molar-refractivity contribution >= 4 is 17.6 Å². The summed E-state index contributed by atoms with van der Waals surface area (Å²) in [5.74, 6) is -0.100. The van der Waals surface area contributed by atoms with Gasteiger partial charge in [-0.1, -0.05) is 80.1 Å². The zero-order valence-corrected chi connectivity index (χ0v) is 16.5. The van der Waals surface area contributed by atoms with Crippen LogP contribution in [0.1, 0.15) is 31.9 Å². The second-order valence-corrected chi connectivity index (χ2v) is 8.24. The second kappa shape index (κ2) is 7.28. The molecule has 2 atom stereocenters. The molecule has 0 aliphatic heterocycles. The highest BCUT2D eigenvalue weighted by atomic mass is 35.5. The molecule has 0 N–H and O–H groups in total. The highest BCUT2D eigenvalue weighted by molar-refractivity contribution is 6.29. The van der Waals surface area contributed by atoms with Crippen molar-refractivity contribution in [2.45, 2.75) is 34.3 Å². The molecule has 0 saturated heterocycles. The Kier molecular flexibility index (Phi) is 5.24. The van der Waals surface area contributed by atoms with Crippen molar-refractivity contribution < 1.29 is 9.53 Å². The fourth-order valence-corrected chi connectivity index (χ4v) is 3.83. The van der Waals surface area contributed by atoms with E-state index in [1.165, 1.54) is 11.1 Å². The fourth-order valence-electron chi connectivity index (χ4n) is 3.70. The van der Waals surface area contributed by atoms with Gasteiger partial charge in [-0.2, -0.15) is 0 Å². The van der Waals surface area contributed by atoms with E-state index in [0.29, 0.717) is 6.61 Å². The van der Waals surface area contributed by atoms with Crippen LogP contribution >= 0.6 is 11.6 Å². The SMILES string of the molecule is C/C(Cl)=C/C1C(C(=O)OCc2cccc(-c3ccccc3)c2C)C1(C)C. The Labute approximate surface area is 160 Å². The maximum Gasteiger partial charge on any atom is 0.310 e. The smallest absolute Gasteiger partial charge is 0.310 e. The van der Waals surface area contributed by atoms with Crippen molar-refractivity contribution in [2.75, 3.05) is 0 Å². The van der Waals surface area contributed by atoms with Crippen LogP contribution in [-0.4, -0.2) is 5.97 Å². The summed E-state index contributed by atoms with van der Waals surface area (Å²) in [6, 6.07) is 16.4. The first kappa shape index (κ1) is 18.7. The maximum absolute atomic E-state index is 12.6. The van der Waals surface area contributed by atoms with Crippen molar-refractivity contribution in [1.29, 1.82) is 0 Å². The van der Waals surface area contributed by atoms with Gasteiger partial charge >= 0.3 is 5.97 Å². The van der Waals surface area contributed by atoms with E-state index in [1.54, 1.807) is 0 Å². The highest BCUT2D eigenvalue weighted by Gasteiger charge is 2.61. The van der Waals surface area contributed by atoms with Crippen LogP contribution in [0.15, 0.2) is 59.6 Å². The summed E-state index contributed by atoms with van der Waals surface area (Å²) >= 11 is 5.99. The second-order valence-electron chi connectivity index (χ2n) is 7.64. The van der Waals surface area contributed by atoms with Gasteiger partial charge in [0, 0.05) is 5.03 Å². The number of hydrogen-bond acceptors (Lipinski definition) is 2. The molecular weight excluding hydrogens is 344 g/mol. The number of carbonyl (C=O) groups excluding carboxylic acids is 1. The van der Waals surface area contributed by atoms with Crippen LogP contribution in [0.5, 0.6) is 0 Å². The Morgan fingerprint density at radius 3 is 2.50 bits per heavy atom. The molecule has 2 unspecified atom stereocenters. The number of halogens is 1. The van der Waals surface area contributed by atoms with Crippen molar-refractivity contribution in [3.63, 3.8) is 0 Å². The lowest BCUT2D eigenvalue weighted by Gasteiger charge is -2.12. The molecule has 0 radical (unpaired) electrons. The third kappa shape index (κ3) is 3.71. The van der Waals surface area contributed by atoms with Gasteiger partial charge in [-0.3, -0.25) is 4.79 Å². The minimum absolute atomic E-state index is 0.0891. The van der Waals surface area contributed by atoms with Gasteiger partial charge < -0.3 is 4.74 Å². The Morgan fingerprint density at radius 1 is 1.15 bits per heavy atom. The van der Waals surface area contributed by atoms with Gasteiger partial charge in [0.1, 0.15) is 6.61 Å². The Hall–Kier alpha value is -2.06. The summed E-state index contributed by atoms with van der Waals surface area (Å²) in [6.45, 7) is 8.39. The van der Waals surface area contributed by atoms with E-state index in [0.717, 1.165) is 16.2 Å². The van der Waals surface area contributed by atoms with Crippen molar-refractivity contribution in [2.24, 2.45) is 17.3 Å². The molecule has 1 aliphatic carbocycles. The topological polar surface area (TPSA) is 26.3 Å². The number of hydrogen-bond donors (Lipinski definition) is 0. The average molecular weight is 369 g/mol. The zero-order chi connectivity index (χ0) is 18.9. The van der Waals surface area contributed by atoms with Gasteiger partial charge in [-0.15, -0.1) is 0 Å². The fraction of sp³-hybridized carbons (Fsp3) is 0.348. The van der Waals surface area contributed by atoms with Crippen molar-refractivity contribution in [3.8, 4) is 11.1 Å². The minimum Gasteiger partial charge on any atom is -0.461 e. The third-order valence-corrected chi connectivity index (χ3v) is 5.60. The van der Waals surface area contributed by atoms with E-state index >= 15 is 0 Å². The molecule has 3 rings (SSSR count). The predicted octanol–water partition coefficient (Wildman–Crippen LogP) is 6.12. The van der Waals surface area contributed by atoms with Crippen LogP contribution in [-0.2, 0) is 16.1 Å². The largest absolute Gasteiger partial charge is 0.461 e. The Bertz CT molecular complexity index is 833. The standard InChI is InChI=1S/C23H25ClO2/c1-15(24)13-20-21(23(20,3)4)22(25)26-14-18-11-8-12-19(16(18)2)17-9-6-5-7-10-17/h5-13,20-21H,14H2,1-4H3/b15-13-. The third-order valence-electron chi connectivity index (χ3n) is 5.47. The van der Waals surface area contributed by atoms with E-state index in [-0.39, 0.29) is 23.2 Å². The predicted molar refractivity (Wildman–Crippen MR) is 107 cm³/mol. The minimum atomic E-state index is -0.140. The van der Waals surface area contributed by atoms with Crippen molar-refractivity contribution in [3.05, 3.63) is 70.8 Å². The number of carbonyl (C=O) groups is 1. The molecule has 2 nitrogen and oxygen atoms in total. The van der Waals surface area contributed by atoms with Gasteiger partial charge in [-0.05, 0) is 47.4 Å². The molecule has 3 heteroatoms. The lowest BCUT2D eigenvalue weighted by molar-refractivity contribution is -0.147. The lowest BCUT2D eigenvalue weighted by Crippen LogP contribution is -2.11. The van der Waals surface area contributed by atoms with E-state index < -0.39 is 0 Å². The van der Waals surface area contributed by atoms with Gasteiger partial charge in [0.25, 0.3) is 0 Å². The molecule has 1 aliphatic rings. The van der Waals surface area contributed by atoms with Gasteiger partial charge in [0.2, 0.25) is 0 Å². The number of esters is 1. The number of benzene rings is 2. The summed E-state index contributed by atoms with van der Waals surface area (Å²) in [6.07, 6.45) is 1.97. The lowest BCUT2D eigenvalue weighted by atomic mass is 9.97. The van der Waals surface area contributed by atoms with Crippen LogP contribution in [0.25, 0.3) is 11.1 Å². The van der Waals surface area contributed by atoms with Crippen LogP contribution < -0.4 is 0 Å². The molecule has 0 amide bonds.